The highest BCUT2D eigenvalue weighted by Gasteiger charge is 2.44. The van der Waals surface area contributed by atoms with E-state index in [9.17, 15) is 9.59 Å². The largest absolute Gasteiger partial charge is 0.465 e. The Morgan fingerprint density at radius 1 is 1.10 bits per heavy atom. The highest BCUT2D eigenvalue weighted by atomic mass is 35.5. The second-order valence-corrected chi connectivity index (χ2v) is 5.45. The van der Waals surface area contributed by atoms with Crippen LogP contribution in [0.1, 0.15) is 26.3 Å². The maximum Gasteiger partial charge on any atom is 0.323 e. The van der Waals surface area contributed by atoms with E-state index < -0.39 is 17.4 Å². The van der Waals surface area contributed by atoms with E-state index >= 15 is 0 Å². The van der Waals surface area contributed by atoms with Crippen LogP contribution < -0.4 is 0 Å². The third-order valence-electron chi connectivity index (χ3n) is 3.03. The van der Waals surface area contributed by atoms with Crippen LogP contribution in [-0.2, 0) is 25.5 Å². The van der Waals surface area contributed by atoms with Gasteiger partial charge in [0.15, 0.2) is 5.41 Å². The molecular weight excluding hydrogens is 315 g/mol. The van der Waals surface area contributed by atoms with Crippen LogP contribution in [0.25, 0.3) is 0 Å². The Morgan fingerprint density at radius 3 is 2.10 bits per heavy atom. The summed E-state index contributed by atoms with van der Waals surface area (Å²) in [6.45, 7) is 5.19. The number of hydrogen-bond donors (Lipinski definition) is 0. The van der Waals surface area contributed by atoms with Gasteiger partial charge in [-0.15, -0.1) is 0 Å². The van der Waals surface area contributed by atoms with Crippen LogP contribution in [0, 0.1) is 5.41 Å². The fourth-order valence-corrected chi connectivity index (χ4v) is 2.26. The van der Waals surface area contributed by atoms with Crippen molar-refractivity contribution in [1.82, 2.24) is 0 Å². The third kappa shape index (κ3) is 4.11. The predicted molar refractivity (Wildman–Crippen MR) is 81.5 cm³/mol. The van der Waals surface area contributed by atoms with Gasteiger partial charge in [0.25, 0.3) is 0 Å². The van der Waals surface area contributed by atoms with Crippen LogP contribution >= 0.6 is 23.2 Å². The average molecular weight is 333 g/mol. The lowest BCUT2D eigenvalue weighted by Gasteiger charge is -2.25. The third-order valence-corrected chi connectivity index (χ3v) is 3.89. The first-order chi connectivity index (χ1) is 9.86. The smallest absolute Gasteiger partial charge is 0.323 e. The number of ether oxygens (including phenoxy) is 2. The molecule has 0 N–H and O–H groups in total. The summed E-state index contributed by atoms with van der Waals surface area (Å²) >= 11 is 12.1. The molecule has 1 aromatic carbocycles. The first-order valence-electron chi connectivity index (χ1n) is 6.64. The Morgan fingerprint density at radius 2 is 1.62 bits per heavy atom. The van der Waals surface area contributed by atoms with E-state index in [0.29, 0.717) is 15.6 Å². The molecule has 0 atom stereocenters. The van der Waals surface area contributed by atoms with Gasteiger partial charge >= 0.3 is 11.9 Å². The van der Waals surface area contributed by atoms with E-state index in [1.54, 1.807) is 32.0 Å². The number of carbonyl (C=O) groups is 2. The highest BCUT2D eigenvalue weighted by molar-refractivity contribution is 6.42. The summed E-state index contributed by atoms with van der Waals surface area (Å²) in [6.07, 6.45) is 0.0596. The predicted octanol–water partition coefficient (Wildman–Crippen LogP) is 3.67. The molecule has 6 heteroatoms. The minimum absolute atomic E-state index is 0.0596. The number of carbonyl (C=O) groups excluding carboxylic acids is 2. The van der Waals surface area contributed by atoms with E-state index in [2.05, 4.69) is 0 Å². The highest BCUT2D eigenvalue weighted by Crippen LogP contribution is 2.33. The second-order valence-electron chi connectivity index (χ2n) is 4.66. The van der Waals surface area contributed by atoms with Crippen LogP contribution in [0.4, 0.5) is 0 Å². The van der Waals surface area contributed by atoms with Crippen molar-refractivity contribution in [3.05, 3.63) is 33.8 Å². The molecular formula is C15H18Cl2O4. The number of halogens is 2. The lowest BCUT2D eigenvalue weighted by molar-refractivity contribution is -0.170. The second kappa shape index (κ2) is 7.66. The van der Waals surface area contributed by atoms with Gasteiger partial charge in [-0.3, -0.25) is 9.59 Å². The van der Waals surface area contributed by atoms with Crippen molar-refractivity contribution in [2.24, 2.45) is 5.41 Å². The molecule has 4 nitrogen and oxygen atoms in total. The molecule has 0 saturated carbocycles. The summed E-state index contributed by atoms with van der Waals surface area (Å²) in [5.41, 5.74) is -0.867. The zero-order valence-electron chi connectivity index (χ0n) is 12.2. The average Bonchev–Trinajstić information content (AvgIpc) is 2.44. The van der Waals surface area contributed by atoms with Crippen molar-refractivity contribution in [3.8, 4) is 0 Å². The van der Waals surface area contributed by atoms with E-state index in [0.717, 1.165) is 0 Å². The van der Waals surface area contributed by atoms with Gasteiger partial charge in [0.2, 0.25) is 0 Å². The van der Waals surface area contributed by atoms with Gasteiger partial charge in [-0.05, 0) is 32.4 Å². The fraction of sp³-hybridized carbons (Fsp3) is 0.467. The van der Waals surface area contributed by atoms with E-state index in [4.69, 9.17) is 32.7 Å². The van der Waals surface area contributed by atoms with Crippen molar-refractivity contribution in [2.75, 3.05) is 13.2 Å². The van der Waals surface area contributed by atoms with Crippen molar-refractivity contribution in [3.63, 3.8) is 0 Å². The molecule has 0 amide bonds. The van der Waals surface area contributed by atoms with Crippen LogP contribution in [-0.4, -0.2) is 25.2 Å². The molecule has 1 rings (SSSR count). The quantitative estimate of drug-likeness (QED) is 0.589. The Labute approximate surface area is 134 Å². The molecule has 0 heterocycles. The molecule has 0 aliphatic carbocycles. The normalized spacial score (nSPS) is 11.1. The number of rotatable bonds is 6. The summed E-state index contributed by atoms with van der Waals surface area (Å²) in [5, 5.41) is 0.684. The molecule has 0 bridgehead atoms. The van der Waals surface area contributed by atoms with Gasteiger partial charge < -0.3 is 9.47 Å². The van der Waals surface area contributed by atoms with Gasteiger partial charge in [-0.2, -0.15) is 0 Å². The Hall–Kier alpha value is -1.26. The molecule has 1 aromatic rings. The van der Waals surface area contributed by atoms with Gasteiger partial charge in [0.1, 0.15) is 0 Å². The lowest BCUT2D eigenvalue weighted by Crippen LogP contribution is -2.41. The molecule has 0 saturated heterocycles. The summed E-state index contributed by atoms with van der Waals surface area (Å²) in [7, 11) is 0. The monoisotopic (exact) mass is 332 g/mol. The minimum Gasteiger partial charge on any atom is -0.465 e. The minimum atomic E-state index is -1.46. The van der Waals surface area contributed by atoms with E-state index in [1.807, 2.05) is 0 Å². The van der Waals surface area contributed by atoms with Crippen LogP contribution in [0.15, 0.2) is 18.2 Å². The van der Waals surface area contributed by atoms with E-state index in [-0.39, 0.29) is 19.6 Å². The molecule has 0 aromatic heterocycles. The molecule has 116 valence electrons. The summed E-state index contributed by atoms with van der Waals surface area (Å²) < 4.78 is 10.0. The first kappa shape index (κ1) is 17.8. The Kier molecular flexibility index (Phi) is 6.49. The zero-order valence-corrected chi connectivity index (χ0v) is 13.8. The number of hydrogen-bond acceptors (Lipinski definition) is 4. The molecule has 0 spiro atoms. The standard InChI is InChI=1S/C15H18Cl2O4/c1-4-20-13(18)15(3,14(19)21-5-2)9-10-7-6-8-11(16)12(10)17/h6-8H,4-5,9H2,1-3H3. The molecule has 0 aliphatic rings. The Bertz CT molecular complexity index is 510. The molecule has 0 aliphatic heterocycles. The van der Waals surface area contributed by atoms with Gasteiger partial charge in [-0.25, -0.2) is 0 Å². The number of benzene rings is 1. The topological polar surface area (TPSA) is 52.6 Å². The molecule has 0 radical (unpaired) electrons. The van der Waals surface area contributed by atoms with Gasteiger partial charge in [0, 0.05) is 6.42 Å². The zero-order chi connectivity index (χ0) is 16.0. The molecule has 0 unspecified atom stereocenters. The first-order valence-corrected chi connectivity index (χ1v) is 7.39. The van der Waals surface area contributed by atoms with Gasteiger partial charge in [0.05, 0.1) is 23.3 Å². The van der Waals surface area contributed by atoms with E-state index in [1.165, 1.54) is 6.92 Å². The molecule has 0 fully saturated rings. The summed E-state index contributed by atoms with van der Waals surface area (Å²) in [6, 6.07) is 5.06. The SMILES string of the molecule is CCOC(=O)C(C)(Cc1cccc(Cl)c1Cl)C(=O)OCC. The van der Waals surface area contributed by atoms with Crippen molar-refractivity contribution >= 4 is 35.1 Å². The number of esters is 2. The van der Waals surface area contributed by atoms with Gasteiger partial charge in [-0.1, -0.05) is 35.3 Å². The summed E-state index contributed by atoms with van der Waals surface area (Å²) in [4.78, 5) is 24.4. The Balaban J connectivity index is 3.16. The maximum absolute atomic E-state index is 12.2. The fourth-order valence-electron chi connectivity index (χ4n) is 1.87. The van der Waals surface area contributed by atoms with Crippen molar-refractivity contribution in [1.29, 1.82) is 0 Å². The summed E-state index contributed by atoms with van der Waals surface area (Å²) in [5.74, 6) is -1.28. The van der Waals surface area contributed by atoms with Crippen LogP contribution in [0.5, 0.6) is 0 Å². The van der Waals surface area contributed by atoms with Crippen molar-refractivity contribution < 1.29 is 19.1 Å². The van der Waals surface area contributed by atoms with Crippen LogP contribution in [0.3, 0.4) is 0 Å². The van der Waals surface area contributed by atoms with Crippen molar-refractivity contribution in [2.45, 2.75) is 27.2 Å². The lowest BCUT2D eigenvalue weighted by atomic mass is 9.83. The van der Waals surface area contributed by atoms with Crippen LogP contribution in [0.2, 0.25) is 10.0 Å². The maximum atomic E-state index is 12.2. The molecule has 21 heavy (non-hydrogen) atoms.